The lowest BCUT2D eigenvalue weighted by molar-refractivity contribution is -0.0600. The fraction of sp³-hybridized carbons (Fsp3) is 0.458. The molecule has 2 aromatic rings. The summed E-state index contributed by atoms with van der Waals surface area (Å²) in [6.07, 6.45) is -0.0883. The molecule has 0 saturated heterocycles. The van der Waals surface area contributed by atoms with Gasteiger partial charge in [-0.05, 0) is 44.5 Å². The topological polar surface area (TPSA) is 54.3 Å². The number of oxime groups is 1. The Kier molecular flexibility index (Phi) is 8.36. The van der Waals surface area contributed by atoms with Gasteiger partial charge in [0.15, 0.2) is 0 Å². The Morgan fingerprint density at radius 1 is 1.19 bits per heavy atom. The molecule has 7 heteroatoms. The smallest absolute Gasteiger partial charge is 0.145 e. The van der Waals surface area contributed by atoms with Crippen molar-refractivity contribution in [2.75, 3.05) is 19.7 Å². The van der Waals surface area contributed by atoms with E-state index in [0.29, 0.717) is 36.1 Å². The summed E-state index contributed by atoms with van der Waals surface area (Å²) in [5, 5.41) is 16.2. The SMILES string of the molecule is CC(C)(C)OC[C@@H](O)CN(Cc1cccc(Cl)c1)C[C@H]1CC(c2ccccc2Cl)=NO1. The van der Waals surface area contributed by atoms with Crippen LogP contribution in [-0.4, -0.2) is 53.2 Å². The van der Waals surface area contributed by atoms with Gasteiger partial charge in [0.1, 0.15) is 6.10 Å². The van der Waals surface area contributed by atoms with Gasteiger partial charge in [-0.1, -0.05) is 58.7 Å². The first-order valence-electron chi connectivity index (χ1n) is 10.5. The predicted octanol–water partition coefficient (Wildman–Crippen LogP) is 5.16. The second-order valence-electron chi connectivity index (χ2n) is 8.85. The Bertz CT molecular complexity index is 898. The Labute approximate surface area is 194 Å². The van der Waals surface area contributed by atoms with Crippen LogP contribution in [0.15, 0.2) is 53.7 Å². The lowest BCUT2D eigenvalue weighted by atomic mass is 10.0. The molecule has 0 spiro atoms. The molecule has 31 heavy (non-hydrogen) atoms. The maximum Gasteiger partial charge on any atom is 0.145 e. The molecule has 0 bridgehead atoms. The van der Waals surface area contributed by atoms with Crippen molar-refractivity contribution in [3.8, 4) is 0 Å². The van der Waals surface area contributed by atoms with Crippen LogP contribution in [-0.2, 0) is 16.1 Å². The number of nitrogens with zero attached hydrogens (tertiary/aromatic N) is 2. The number of benzene rings is 2. The number of halogens is 2. The summed E-state index contributed by atoms with van der Waals surface area (Å²) in [5.41, 5.74) is 2.51. The van der Waals surface area contributed by atoms with Gasteiger partial charge in [0.25, 0.3) is 0 Å². The molecule has 2 aromatic carbocycles. The molecule has 1 aliphatic heterocycles. The van der Waals surface area contributed by atoms with Gasteiger partial charge in [-0.15, -0.1) is 0 Å². The molecule has 168 valence electrons. The van der Waals surface area contributed by atoms with Crippen molar-refractivity contribution >= 4 is 28.9 Å². The summed E-state index contributed by atoms with van der Waals surface area (Å²) >= 11 is 12.5. The van der Waals surface area contributed by atoms with Crippen LogP contribution < -0.4 is 0 Å². The zero-order valence-corrected chi connectivity index (χ0v) is 19.7. The minimum Gasteiger partial charge on any atom is -0.390 e. The second kappa shape index (κ2) is 10.8. The second-order valence-corrected chi connectivity index (χ2v) is 9.69. The average Bonchev–Trinajstić information content (AvgIpc) is 3.14. The van der Waals surface area contributed by atoms with E-state index < -0.39 is 6.10 Å². The first-order chi connectivity index (χ1) is 14.7. The molecule has 0 fully saturated rings. The molecular formula is C24H30Cl2N2O3. The van der Waals surface area contributed by atoms with Gasteiger partial charge in [0, 0.05) is 41.7 Å². The van der Waals surface area contributed by atoms with Crippen LogP contribution in [0.5, 0.6) is 0 Å². The fourth-order valence-corrected chi connectivity index (χ4v) is 3.92. The zero-order chi connectivity index (χ0) is 22.4. The first-order valence-corrected chi connectivity index (χ1v) is 11.2. The highest BCUT2D eigenvalue weighted by Crippen LogP contribution is 2.24. The third-order valence-corrected chi connectivity index (χ3v) is 5.42. The van der Waals surface area contributed by atoms with Crippen LogP contribution in [0.25, 0.3) is 0 Å². The van der Waals surface area contributed by atoms with Gasteiger partial charge in [-0.25, -0.2) is 0 Å². The standard InChI is InChI=1S/C24H30Cl2N2O3/c1-24(2,3)30-16-19(29)14-28(13-17-7-6-8-18(25)11-17)15-20-12-23(27-31-20)21-9-4-5-10-22(21)26/h4-11,19-20,29H,12-16H2,1-3H3/t19-,20+/m0/s1. The quantitative estimate of drug-likeness (QED) is 0.556. The minimum atomic E-state index is -0.622. The third-order valence-electron chi connectivity index (χ3n) is 4.85. The molecule has 0 radical (unpaired) electrons. The van der Waals surface area contributed by atoms with E-state index in [-0.39, 0.29) is 18.3 Å². The van der Waals surface area contributed by atoms with Crippen molar-refractivity contribution in [2.45, 2.75) is 51.5 Å². The Morgan fingerprint density at radius 2 is 1.97 bits per heavy atom. The highest BCUT2D eigenvalue weighted by molar-refractivity contribution is 6.34. The molecule has 1 aliphatic rings. The number of aliphatic hydroxyl groups excluding tert-OH is 1. The van der Waals surface area contributed by atoms with E-state index in [9.17, 15) is 5.11 Å². The van der Waals surface area contributed by atoms with Gasteiger partial charge < -0.3 is 14.7 Å². The monoisotopic (exact) mass is 464 g/mol. The molecule has 2 atom stereocenters. The highest BCUT2D eigenvalue weighted by Gasteiger charge is 2.27. The maximum absolute atomic E-state index is 10.6. The largest absolute Gasteiger partial charge is 0.390 e. The van der Waals surface area contributed by atoms with Crippen LogP contribution in [0.2, 0.25) is 10.0 Å². The number of hydrogen-bond acceptors (Lipinski definition) is 5. The lowest BCUT2D eigenvalue weighted by Gasteiger charge is -2.28. The predicted molar refractivity (Wildman–Crippen MR) is 126 cm³/mol. The summed E-state index contributed by atoms with van der Waals surface area (Å²) in [7, 11) is 0. The van der Waals surface area contributed by atoms with Crippen LogP contribution >= 0.6 is 23.2 Å². The molecular weight excluding hydrogens is 435 g/mol. The molecule has 0 aliphatic carbocycles. The van der Waals surface area contributed by atoms with Crippen molar-refractivity contribution in [2.24, 2.45) is 5.16 Å². The molecule has 3 rings (SSSR count). The van der Waals surface area contributed by atoms with Gasteiger partial charge >= 0.3 is 0 Å². The van der Waals surface area contributed by atoms with Crippen molar-refractivity contribution in [3.05, 3.63) is 69.7 Å². The average molecular weight is 465 g/mol. The minimum absolute atomic E-state index is 0.124. The Hall–Kier alpha value is -1.63. The highest BCUT2D eigenvalue weighted by atomic mass is 35.5. The number of hydrogen-bond donors (Lipinski definition) is 1. The van der Waals surface area contributed by atoms with Crippen LogP contribution in [0, 0.1) is 0 Å². The van der Waals surface area contributed by atoms with Crippen LogP contribution in [0.3, 0.4) is 0 Å². The normalized spacial score (nSPS) is 17.5. The number of ether oxygens (including phenoxy) is 1. The Morgan fingerprint density at radius 3 is 2.68 bits per heavy atom. The number of aliphatic hydroxyl groups is 1. The summed E-state index contributed by atoms with van der Waals surface area (Å²) < 4.78 is 5.75. The first kappa shape index (κ1) is 24.0. The molecule has 0 unspecified atom stereocenters. The number of rotatable bonds is 9. The van der Waals surface area contributed by atoms with Crippen molar-refractivity contribution in [3.63, 3.8) is 0 Å². The van der Waals surface area contributed by atoms with Gasteiger partial charge in [-0.2, -0.15) is 0 Å². The third kappa shape index (κ3) is 7.78. The van der Waals surface area contributed by atoms with E-state index in [1.54, 1.807) is 0 Å². The van der Waals surface area contributed by atoms with Crippen LogP contribution in [0.4, 0.5) is 0 Å². The van der Waals surface area contributed by atoms with E-state index in [4.69, 9.17) is 32.8 Å². The molecule has 0 saturated carbocycles. The molecule has 1 N–H and O–H groups in total. The van der Waals surface area contributed by atoms with Crippen molar-refractivity contribution in [1.82, 2.24) is 4.90 Å². The zero-order valence-electron chi connectivity index (χ0n) is 18.2. The van der Waals surface area contributed by atoms with Crippen molar-refractivity contribution in [1.29, 1.82) is 0 Å². The molecule has 1 heterocycles. The van der Waals surface area contributed by atoms with Gasteiger partial charge in [-0.3, -0.25) is 4.90 Å². The van der Waals surface area contributed by atoms with Crippen molar-refractivity contribution < 1.29 is 14.7 Å². The van der Waals surface area contributed by atoms with Gasteiger partial charge in [0.05, 0.1) is 24.0 Å². The van der Waals surface area contributed by atoms with E-state index in [0.717, 1.165) is 16.8 Å². The van der Waals surface area contributed by atoms with E-state index in [1.807, 2.05) is 69.3 Å². The van der Waals surface area contributed by atoms with Crippen LogP contribution in [0.1, 0.15) is 38.3 Å². The summed E-state index contributed by atoms with van der Waals surface area (Å²) in [5.74, 6) is 0. The van der Waals surface area contributed by atoms with E-state index >= 15 is 0 Å². The fourth-order valence-electron chi connectivity index (χ4n) is 3.46. The van der Waals surface area contributed by atoms with E-state index in [2.05, 4.69) is 10.1 Å². The molecule has 0 aromatic heterocycles. The molecule has 0 amide bonds. The maximum atomic E-state index is 10.6. The summed E-state index contributed by atoms with van der Waals surface area (Å²) in [6.45, 7) is 7.88. The lowest BCUT2D eigenvalue weighted by Crippen LogP contribution is -2.40. The molecule has 5 nitrogen and oxygen atoms in total. The van der Waals surface area contributed by atoms with E-state index in [1.165, 1.54) is 0 Å². The summed E-state index contributed by atoms with van der Waals surface area (Å²) in [4.78, 5) is 7.86. The summed E-state index contributed by atoms with van der Waals surface area (Å²) in [6, 6.07) is 15.4. The van der Waals surface area contributed by atoms with Gasteiger partial charge in [0.2, 0.25) is 0 Å². The Balaban J connectivity index is 1.64.